The first-order valence-corrected chi connectivity index (χ1v) is 24.4. The van der Waals surface area contributed by atoms with E-state index in [1.807, 2.05) is 19.1 Å². The zero-order valence-corrected chi connectivity index (χ0v) is 39.7. The molecule has 0 aliphatic rings. The monoisotopic (exact) mass is 813 g/mol. The molecular formula is C51H86FO4P. The second kappa shape index (κ2) is 26.9. The topological polar surface area (TPSA) is 44.8 Å². The van der Waals surface area contributed by atoms with Crippen LogP contribution in [0.5, 0.6) is 11.5 Å². The number of unbranched alkanes of at least 4 members (excludes halogenated alkanes) is 19. The van der Waals surface area contributed by atoms with Gasteiger partial charge in [-0.1, -0.05) is 222 Å². The molecule has 0 N–H and O–H groups in total. The number of ether oxygens (including phenoxy) is 1. The van der Waals surface area contributed by atoms with Gasteiger partial charge in [-0.05, 0) is 53.6 Å². The van der Waals surface area contributed by atoms with Crippen molar-refractivity contribution in [1.82, 2.24) is 0 Å². The molecule has 0 heterocycles. The largest absolute Gasteiger partial charge is 0.505 e. The Morgan fingerprint density at radius 3 is 1.39 bits per heavy atom. The van der Waals surface area contributed by atoms with Gasteiger partial charge in [-0.25, -0.2) is 0 Å². The van der Waals surface area contributed by atoms with E-state index in [2.05, 4.69) is 87.4 Å². The Balaban J connectivity index is 1.77. The van der Waals surface area contributed by atoms with Gasteiger partial charge in [0.15, 0.2) is 0 Å². The van der Waals surface area contributed by atoms with Gasteiger partial charge in [0.2, 0.25) is 0 Å². The van der Waals surface area contributed by atoms with E-state index in [0.717, 1.165) is 53.5 Å². The Labute approximate surface area is 352 Å². The molecule has 4 nitrogen and oxygen atoms in total. The van der Waals surface area contributed by atoms with Crippen LogP contribution < -0.4 is 9.05 Å². The van der Waals surface area contributed by atoms with Crippen molar-refractivity contribution in [2.45, 2.75) is 240 Å². The number of aryl methyl sites for hydroxylation is 1. The van der Waals surface area contributed by atoms with Crippen LogP contribution in [0, 0.1) is 6.92 Å². The smallest absolute Gasteiger partial charge is 0.465 e. The SMILES string of the molecule is CCCCCCCCCCCCCCCCCCCCCCOC(=O)Cc1cc(C)c(OP(F)Oc2c(C(C)(C)CC)cccc2C(C)(C)CC)c(C(C)(C)C)c1. The minimum atomic E-state index is -2.79. The summed E-state index contributed by atoms with van der Waals surface area (Å²) < 4.78 is 34.1. The summed E-state index contributed by atoms with van der Waals surface area (Å²) in [4.78, 5) is 12.9. The standard InChI is InChI=1S/C51H86FO4P/c1-12-15-16-17-18-19-20-21-22-23-24-25-26-27-28-29-30-31-32-33-37-54-46(53)40-42-38-41(4)47(45(39-42)49(5,6)7)55-57(52)56-48-43(50(8,9)13-2)35-34-36-44(48)51(10,11)14-3/h34-36,38-39H,12-33,37,40H2,1-11H3. The van der Waals surface area contributed by atoms with Crippen molar-refractivity contribution in [3.8, 4) is 11.5 Å². The number of carbonyl (C=O) groups excluding carboxylic acids is 1. The van der Waals surface area contributed by atoms with Crippen LogP contribution in [0.1, 0.15) is 238 Å². The number of hydrogen-bond donors (Lipinski definition) is 0. The van der Waals surface area contributed by atoms with Crippen molar-refractivity contribution in [3.63, 3.8) is 0 Å². The lowest BCUT2D eigenvalue weighted by molar-refractivity contribution is -0.142. The first kappa shape index (κ1) is 51.0. The van der Waals surface area contributed by atoms with Crippen molar-refractivity contribution in [2.75, 3.05) is 6.61 Å². The lowest BCUT2D eigenvalue weighted by atomic mass is 9.76. The Kier molecular flexibility index (Phi) is 24.0. The molecule has 0 saturated heterocycles. The predicted octanol–water partition coefficient (Wildman–Crippen LogP) is 17.2. The highest BCUT2D eigenvalue weighted by atomic mass is 31.2. The van der Waals surface area contributed by atoms with Crippen molar-refractivity contribution >= 4 is 14.7 Å². The van der Waals surface area contributed by atoms with E-state index in [1.165, 1.54) is 116 Å². The maximum absolute atomic E-state index is 16.1. The summed E-state index contributed by atoms with van der Waals surface area (Å²) in [6, 6.07) is 10.1. The Morgan fingerprint density at radius 1 is 0.579 bits per heavy atom. The fourth-order valence-electron chi connectivity index (χ4n) is 7.63. The fourth-order valence-corrected chi connectivity index (χ4v) is 8.40. The molecule has 0 fully saturated rings. The van der Waals surface area contributed by atoms with E-state index < -0.39 is 8.69 Å². The van der Waals surface area contributed by atoms with E-state index in [1.54, 1.807) is 0 Å². The summed E-state index contributed by atoms with van der Waals surface area (Å²) in [6.45, 7) is 23.9. The number of esters is 1. The third kappa shape index (κ3) is 19.2. The van der Waals surface area contributed by atoms with Gasteiger partial charge in [-0.2, -0.15) is 0 Å². The first-order chi connectivity index (χ1) is 27.1. The van der Waals surface area contributed by atoms with E-state index in [9.17, 15) is 4.79 Å². The Bertz CT molecular complexity index is 1380. The Morgan fingerprint density at radius 2 is 0.982 bits per heavy atom. The molecule has 0 aliphatic heterocycles. The van der Waals surface area contributed by atoms with Crippen LogP contribution in [0.15, 0.2) is 30.3 Å². The van der Waals surface area contributed by atoms with Crippen LogP contribution in [-0.4, -0.2) is 12.6 Å². The van der Waals surface area contributed by atoms with Crippen molar-refractivity contribution < 1.29 is 22.8 Å². The number of rotatable bonds is 31. The van der Waals surface area contributed by atoms with E-state index >= 15 is 4.20 Å². The highest BCUT2D eigenvalue weighted by Crippen LogP contribution is 2.51. The highest BCUT2D eigenvalue weighted by molar-refractivity contribution is 7.42. The molecule has 6 heteroatoms. The lowest BCUT2D eigenvalue weighted by Crippen LogP contribution is -2.22. The predicted molar refractivity (Wildman–Crippen MR) is 245 cm³/mol. The molecule has 0 bridgehead atoms. The molecule has 0 saturated carbocycles. The van der Waals surface area contributed by atoms with Crippen LogP contribution in [0.4, 0.5) is 4.20 Å². The maximum Gasteiger partial charge on any atom is 0.505 e. The first-order valence-electron chi connectivity index (χ1n) is 23.3. The van der Waals surface area contributed by atoms with Crippen LogP contribution in [-0.2, 0) is 32.2 Å². The van der Waals surface area contributed by atoms with Crippen molar-refractivity contribution in [1.29, 1.82) is 0 Å². The second-order valence-electron chi connectivity index (χ2n) is 19.2. The van der Waals surface area contributed by atoms with Crippen LogP contribution in [0.25, 0.3) is 0 Å². The zero-order valence-electron chi connectivity index (χ0n) is 38.8. The van der Waals surface area contributed by atoms with Gasteiger partial charge in [0.1, 0.15) is 11.5 Å². The molecule has 2 aromatic carbocycles. The minimum Gasteiger partial charge on any atom is -0.465 e. The normalized spacial score (nSPS) is 12.8. The molecule has 1 atom stereocenters. The quantitative estimate of drug-likeness (QED) is 0.0432. The average molecular weight is 813 g/mol. The summed E-state index contributed by atoms with van der Waals surface area (Å²) in [5.41, 5.74) is 3.74. The molecule has 0 amide bonds. The maximum atomic E-state index is 16.1. The number of halogens is 1. The molecule has 0 aliphatic carbocycles. The molecule has 57 heavy (non-hydrogen) atoms. The van der Waals surface area contributed by atoms with Crippen LogP contribution in [0.3, 0.4) is 0 Å². The lowest BCUT2D eigenvalue weighted by Gasteiger charge is -2.32. The zero-order chi connectivity index (χ0) is 42.3. The van der Waals surface area contributed by atoms with Crippen LogP contribution in [0.2, 0.25) is 0 Å². The van der Waals surface area contributed by atoms with Gasteiger partial charge in [-0.15, -0.1) is 4.20 Å². The molecule has 326 valence electrons. The number of carbonyl (C=O) groups is 1. The summed E-state index contributed by atoms with van der Waals surface area (Å²) >= 11 is 0. The van der Waals surface area contributed by atoms with Gasteiger partial charge in [0.25, 0.3) is 0 Å². The molecule has 1 unspecified atom stereocenters. The fraction of sp³-hybridized carbons (Fsp3) is 0.745. The van der Waals surface area contributed by atoms with Crippen LogP contribution >= 0.6 is 8.69 Å². The summed E-state index contributed by atoms with van der Waals surface area (Å²) in [5, 5.41) is 0. The Hall–Kier alpha value is -2.13. The van der Waals surface area contributed by atoms with Crippen molar-refractivity contribution in [2.24, 2.45) is 0 Å². The molecule has 0 spiro atoms. The van der Waals surface area contributed by atoms with Gasteiger partial charge < -0.3 is 13.8 Å². The van der Waals surface area contributed by atoms with E-state index in [4.69, 9.17) is 13.8 Å². The average Bonchev–Trinajstić information content (AvgIpc) is 3.15. The third-order valence-electron chi connectivity index (χ3n) is 12.3. The third-order valence-corrected chi connectivity index (χ3v) is 13.0. The highest BCUT2D eigenvalue weighted by Gasteiger charge is 2.33. The van der Waals surface area contributed by atoms with E-state index in [0.29, 0.717) is 18.1 Å². The number of hydrogen-bond acceptors (Lipinski definition) is 4. The molecule has 2 rings (SSSR count). The van der Waals surface area contributed by atoms with Crippen molar-refractivity contribution in [3.05, 3.63) is 58.1 Å². The number of para-hydroxylation sites is 1. The molecule has 0 aromatic heterocycles. The van der Waals surface area contributed by atoms with E-state index in [-0.39, 0.29) is 28.6 Å². The molecule has 2 aromatic rings. The summed E-state index contributed by atoms with van der Waals surface area (Å²) in [5.74, 6) is 0.860. The van der Waals surface area contributed by atoms with Gasteiger partial charge in [0, 0.05) is 16.7 Å². The number of benzene rings is 2. The summed E-state index contributed by atoms with van der Waals surface area (Å²) in [6.07, 6.45) is 28.9. The van der Waals surface area contributed by atoms with Gasteiger partial charge in [-0.3, -0.25) is 4.79 Å². The summed E-state index contributed by atoms with van der Waals surface area (Å²) in [7, 11) is -2.79. The molecule has 0 radical (unpaired) electrons. The molecular weight excluding hydrogens is 727 g/mol. The van der Waals surface area contributed by atoms with Gasteiger partial charge >= 0.3 is 14.7 Å². The second-order valence-corrected chi connectivity index (χ2v) is 20.0. The van der Waals surface area contributed by atoms with Gasteiger partial charge in [0.05, 0.1) is 13.0 Å². The minimum absolute atomic E-state index is 0.180.